The Hall–Kier alpha value is -0.130. The second-order valence-electron chi connectivity index (χ2n) is 7.37. The average Bonchev–Trinajstić information content (AvgIpc) is 2.25. The van der Waals surface area contributed by atoms with Crippen molar-refractivity contribution in [3.05, 3.63) is 0 Å². The Morgan fingerprint density at radius 2 is 2.00 bits per heavy atom. The molecule has 2 N–H and O–H groups in total. The lowest BCUT2D eigenvalue weighted by Gasteiger charge is -2.39. The molecule has 4 nitrogen and oxygen atoms in total. The van der Waals surface area contributed by atoms with Gasteiger partial charge in [-0.3, -0.25) is 0 Å². The zero-order valence-corrected chi connectivity index (χ0v) is 13.5. The van der Waals surface area contributed by atoms with Crippen molar-refractivity contribution in [2.45, 2.75) is 65.3 Å². The second-order valence-corrected chi connectivity index (χ2v) is 9.21. The molecule has 0 aromatic heterocycles. The highest BCUT2D eigenvalue weighted by Gasteiger charge is 2.37. The molecule has 0 saturated heterocycles. The van der Waals surface area contributed by atoms with Crippen LogP contribution in [0.3, 0.4) is 0 Å². The molecular weight excluding hydrogens is 262 g/mol. The van der Waals surface area contributed by atoms with Gasteiger partial charge >= 0.3 is 0 Å². The molecule has 0 aliphatic heterocycles. The van der Waals surface area contributed by atoms with Gasteiger partial charge in [-0.05, 0) is 30.6 Å². The van der Waals surface area contributed by atoms with E-state index in [1.165, 1.54) is 0 Å². The molecule has 0 aromatic rings. The number of sulfonamides is 1. The van der Waals surface area contributed by atoms with Gasteiger partial charge in [-0.2, -0.15) is 0 Å². The van der Waals surface area contributed by atoms with Gasteiger partial charge in [0.2, 0.25) is 10.0 Å². The van der Waals surface area contributed by atoms with Gasteiger partial charge in [-0.1, -0.05) is 40.5 Å². The lowest BCUT2D eigenvalue weighted by Crippen LogP contribution is -2.54. The Bertz CT molecular complexity index is 386. The van der Waals surface area contributed by atoms with E-state index in [9.17, 15) is 13.5 Å². The molecule has 114 valence electrons. The van der Waals surface area contributed by atoms with E-state index >= 15 is 0 Å². The van der Waals surface area contributed by atoms with E-state index in [0.29, 0.717) is 12.3 Å². The summed E-state index contributed by atoms with van der Waals surface area (Å²) >= 11 is 0. The maximum absolute atomic E-state index is 12.2. The van der Waals surface area contributed by atoms with Crippen molar-refractivity contribution in [2.75, 3.05) is 12.4 Å². The minimum absolute atomic E-state index is 0.000977. The molecule has 1 fully saturated rings. The van der Waals surface area contributed by atoms with Gasteiger partial charge in [0.1, 0.15) is 0 Å². The summed E-state index contributed by atoms with van der Waals surface area (Å²) in [7, 11) is -3.32. The fourth-order valence-corrected chi connectivity index (χ4v) is 4.64. The fourth-order valence-electron chi connectivity index (χ4n) is 2.75. The lowest BCUT2D eigenvalue weighted by atomic mass is 9.78. The van der Waals surface area contributed by atoms with Gasteiger partial charge in [0.05, 0.1) is 17.9 Å². The Morgan fingerprint density at radius 3 is 2.47 bits per heavy atom. The molecule has 19 heavy (non-hydrogen) atoms. The summed E-state index contributed by atoms with van der Waals surface area (Å²) in [5.41, 5.74) is -0.630. The summed E-state index contributed by atoms with van der Waals surface area (Å²) in [5.74, 6) is 0.596. The minimum atomic E-state index is -3.32. The number of aliphatic hydroxyl groups is 1. The first-order valence-corrected chi connectivity index (χ1v) is 8.85. The fraction of sp³-hybridized carbons (Fsp3) is 1.00. The van der Waals surface area contributed by atoms with E-state index in [1.54, 1.807) is 0 Å². The highest BCUT2D eigenvalue weighted by molar-refractivity contribution is 7.89. The molecule has 0 bridgehead atoms. The molecule has 1 aliphatic carbocycles. The van der Waals surface area contributed by atoms with Crippen LogP contribution in [0.4, 0.5) is 0 Å². The van der Waals surface area contributed by atoms with Gasteiger partial charge < -0.3 is 5.11 Å². The molecule has 2 unspecified atom stereocenters. The first-order chi connectivity index (χ1) is 8.58. The van der Waals surface area contributed by atoms with Crippen LogP contribution in [0.15, 0.2) is 0 Å². The summed E-state index contributed by atoms with van der Waals surface area (Å²) in [6.07, 6.45) is 4.19. The molecule has 0 aromatic carbocycles. The van der Waals surface area contributed by atoms with Crippen LogP contribution < -0.4 is 4.72 Å². The second kappa shape index (κ2) is 6.10. The Balaban J connectivity index is 2.69. The van der Waals surface area contributed by atoms with Crippen molar-refractivity contribution >= 4 is 10.0 Å². The molecule has 1 rings (SSSR count). The van der Waals surface area contributed by atoms with Gasteiger partial charge in [0.15, 0.2) is 0 Å². The summed E-state index contributed by atoms with van der Waals surface area (Å²) in [6.45, 7) is 8.12. The number of rotatable bonds is 5. The van der Waals surface area contributed by atoms with E-state index in [2.05, 4.69) is 11.6 Å². The maximum atomic E-state index is 12.2. The van der Waals surface area contributed by atoms with Crippen LogP contribution in [0, 0.1) is 11.3 Å². The third-order valence-corrected chi connectivity index (χ3v) is 5.37. The number of hydrogen-bond donors (Lipinski definition) is 2. The van der Waals surface area contributed by atoms with Crippen LogP contribution in [-0.4, -0.2) is 31.4 Å². The predicted octanol–water partition coefficient (Wildman–Crippen LogP) is 2.28. The van der Waals surface area contributed by atoms with Crippen molar-refractivity contribution in [1.82, 2.24) is 4.72 Å². The lowest BCUT2D eigenvalue weighted by molar-refractivity contribution is 0.119. The smallest absolute Gasteiger partial charge is 0.212 e. The topological polar surface area (TPSA) is 66.4 Å². The number of nitrogens with one attached hydrogen (secondary N) is 1. The largest absolute Gasteiger partial charge is 0.394 e. The monoisotopic (exact) mass is 291 g/mol. The average molecular weight is 291 g/mol. The standard InChI is InChI=1S/C14H29NO3S/c1-12-6-5-7-14(10-12,11-16)15-19(17,18)9-8-13(2,3)4/h12,15-16H,5-11H2,1-4H3. The first-order valence-electron chi connectivity index (χ1n) is 7.20. The molecule has 2 atom stereocenters. The first kappa shape index (κ1) is 16.9. The van der Waals surface area contributed by atoms with Crippen molar-refractivity contribution in [1.29, 1.82) is 0 Å². The molecule has 0 heterocycles. The quantitative estimate of drug-likeness (QED) is 0.816. The predicted molar refractivity (Wildman–Crippen MR) is 78.4 cm³/mol. The minimum Gasteiger partial charge on any atom is -0.394 e. The van der Waals surface area contributed by atoms with E-state index < -0.39 is 15.6 Å². The number of aliphatic hydroxyl groups excluding tert-OH is 1. The highest BCUT2D eigenvalue weighted by Crippen LogP contribution is 2.32. The molecular formula is C14H29NO3S. The maximum Gasteiger partial charge on any atom is 0.212 e. The number of hydrogen-bond acceptors (Lipinski definition) is 3. The van der Waals surface area contributed by atoms with Crippen molar-refractivity contribution in [3.8, 4) is 0 Å². The van der Waals surface area contributed by atoms with Crippen molar-refractivity contribution < 1.29 is 13.5 Å². The third kappa shape index (κ3) is 5.79. The molecule has 5 heteroatoms. The Morgan fingerprint density at radius 1 is 1.37 bits per heavy atom. The molecule has 1 aliphatic rings. The zero-order chi connectivity index (χ0) is 14.7. The summed E-state index contributed by atoms with van der Waals surface area (Å²) in [5, 5.41) is 9.62. The van der Waals surface area contributed by atoms with Gasteiger partial charge in [-0.15, -0.1) is 0 Å². The highest BCUT2D eigenvalue weighted by atomic mass is 32.2. The zero-order valence-electron chi connectivity index (χ0n) is 12.7. The van der Waals surface area contributed by atoms with E-state index in [1.807, 2.05) is 20.8 Å². The summed E-state index contributed by atoms with van der Waals surface area (Å²) in [4.78, 5) is 0. The van der Waals surface area contributed by atoms with E-state index in [4.69, 9.17) is 0 Å². The molecule has 1 saturated carbocycles. The molecule has 0 spiro atoms. The van der Waals surface area contributed by atoms with Gasteiger partial charge in [0, 0.05) is 0 Å². The van der Waals surface area contributed by atoms with Crippen LogP contribution in [0.1, 0.15) is 59.8 Å². The Labute approximate surface area is 118 Å². The van der Waals surface area contributed by atoms with Gasteiger partial charge in [-0.25, -0.2) is 13.1 Å². The van der Waals surface area contributed by atoms with E-state index in [-0.39, 0.29) is 17.8 Å². The molecule has 0 amide bonds. The van der Waals surface area contributed by atoms with Crippen LogP contribution in [0.25, 0.3) is 0 Å². The van der Waals surface area contributed by atoms with E-state index in [0.717, 1.165) is 25.7 Å². The summed E-state index contributed by atoms with van der Waals surface area (Å²) < 4.78 is 27.2. The SMILES string of the molecule is CC1CCCC(CO)(NS(=O)(=O)CCC(C)(C)C)C1. The summed E-state index contributed by atoms with van der Waals surface area (Å²) in [6, 6.07) is 0. The third-order valence-electron chi connectivity index (χ3n) is 3.89. The Kier molecular flexibility index (Phi) is 5.43. The van der Waals surface area contributed by atoms with Gasteiger partial charge in [0.25, 0.3) is 0 Å². The van der Waals surface area contributed by atoms with Crippen molar-refractivity contribution in [3.63, 3.8) is 0 Å². The normalized spacial score (nSPS) is 29.4. The van der Waals surface area contributed by atoms with Crippen molar-refractivity contribution in [2.24, 2.45) is 11.3 Å². The van der Waals surface area contributed by atoms with Crippen LogP contribution >= 0.6 is 0 Å². The van der Waals surface area contributed by atoms with Crippen LogP contribution in [-0.2, 0) is 10.0 Å². The van der Waals surface area contributed by atoms with Crippen LogP contribution in [0.2, 0.25) is 0 Å². The van der Waals surface area contributed by atoms with Crippen LogP contribution in [0.5, 0.6) is 0 Å². The molecule has 0 radical (unpaired) electrons.